The van der Waals surface area contributed by atoms with E-state index in [9.17, 15) is 26.7 Å². The van der Waals surface area contributed by atoms with Gasteiger partial charge >= 0.3 is 18.1 Å². The molecule has 0 spiro atoms. The van der Waals surface area contributed by atoms with Gasteiger partial charge in [0.25, 0.3) is 0 Å². The van der Waals surface area contributed by atoms with Crippen LogP contribution in [0.4, 0.5) is 22.0 Å². The van der Waals surface area contributed by atoms with Crippen LogP contribution in [0.5, 0.6) is 0 Å². The highest BCUT2D eigenvalue weighted by molar-refractivity contribution is 5.81. The summed E-state index contributed by atoms with van der Waals surface area (Å²) in [6.07, 6.45) is -8.74. The van der Waals surface area contributed by atoms with Crippen molar-refractivity contribution in [3.63, 3.8) is 0 Å². The molecule has 1 aliphatic carbocycles. The smallest absolute Gasteiger partial charge is 0.420 e. The Labute approximate surface area is 112 Å². The van der Waals surface area contributed by atoms with Crippen LogP contribution in [0.25, 0.3) is 0 Å². The van der Waals surface area contributed by atoms with Crippen LogP contribution in [0.1, 0.15) is 32.1 Å². The highest BCUT2D eigenvalue weighted by Crippen LogP contribution is 2.48. The molecule has 1 unspecified atom stereocenters. The number of rotatable bonds is 4. The Kier molecular flexibility index (Phi) is 4.78. The molecular formula is C12H15F5O3. The van der Waals surface area contributed by atoms with E-state index in [0.29, 0.717) is 12.5 Å². The molecule has 8 heteroatoms. The Bertz CT molecular complexity index is 372. The summed E-state index contributed by atoms with van der Waals surface area (Å²) in [5.74, 6) is -5.86. The Hall–Kier alpha value is -1.18. The molecule has 1 aliphatic rings. The zero-order valence-electron chi connectivity index (χ0n) is 10.6. The van der Waals surface area contributed by atoms with Crippen molar-refractivity contribution in [2.75, 3.05) is 0 Å². The van der Waals surface area contributed by atoms with Crippen molar-refractivity contribution in [1.29, 1.82) is 0 Å². The molecule has 0 radical (unpaired) electrons. The molecule has 20 heavy (non-hydrogen) atoms. The maximum atomic E-state index is 14.1. The summed E-state index contributed by atoms with van der Waals surface area (Å²) in [6, 6.07) is 0. The molecule has 0 bridgehead atoms. The van der Waals surface area contributed by atoms with E-state index < -0.39 is 42.6 Å². The summed E-state index contributed by atoms with van der Waals surface area (Å²) in [7, 11) is 0. The van der Waals surface area contributed by atoms with Gasteiger partial charge in [0.15, 0.2) is 5.60 Å². The SMILES string of the molecule is C=CC(=O)OC1(C(F)(F)C(O)C(F)(F)F)CCCCC1. The van der Waals surface area contributed by atoms with Crippen LogP contribution < -0.4 is 0 Å². The lowest BCUT2D eigenvalue weighted by Crippen LogP contribution is -2.62. The number of ether oxygens (including phenoxy) is 1. The van der Waals surface area contributed by atoms with Gasteiger partial charge in [0.05, 0.1) is 0 Å². The molecule has 116 valence electrons. The minimum atomic E-state index is -5.51. The molecule has 0 saturated heterocycles. The van der Waals surface area contributed by atoms with Crippen molar-refractivity contribution in [2.24, 2.45) is 0 Å². The maximum Gasteiger partial charge on any atom is 0.420 e. The van der Waals surface area contributed by atoms with E-state index in [-0.39, 0.29) is 12.8 Å². The number of hydrogen-bond donors (Lipinski definition) is 1. The van der Waals surface area contributed by atoms with Gasteiger partial charge in [0, 0.05) is 6.08 Å². The Morgan fingerprint density at radius 1 is 1.20 bits per heavy atom. The van der Waals surface area contributed by atoms with Crippen LogP contribution in [-0.2, 0) is 9.53 Å². The standard InChI is InChI=1S/C12H15F5O3/c1-2-8(18)20-10(6-4-3-5-7-10)11(13,14)9(19)12(15,16)17/h2,9,19H,1,3-7H2. The molecule has 3 nitrogen and oxygen atoms in total. The number of alkyl halides is 5. The van der Waals surface area contributed by atoms with Crippen molar-refractivity contribution < 1.29 is 36.6 Å². The number of aliphatic hydroxyl groups excluding tert-OH is 1. The lowest BCUT2D eigenvalue weighted by molar-refractivity contribution is -0.319. The third-order valence-corrected chi connectivity index (χ3v) is 3.38. The van der Waals surface area contributed by atoms with Crippen molar-refractivity contribution in [3.05, 3.63) is 12.7 Å². The summed E-state index contributed by atoms with van der Waals surface area (Å²) in [5.41, 5.74) is -2.65. The van der Waals surface area contributed by atoms with E-state index in [1.165, 1.54) is 0 Å². The zero-order valence-corrected chi connectivity index (χ0v) is 10.6. The molecule has 0 aromatic heterocycles. The minimum absolute atomic E-state index is 0.185. The Morgan fingerprint density at radius 3 is 2.10 bits per heavy atom. The van der Waals surface area contributed by atoms with Gasteiger partial charge < -0.3 is 9.84 Å². The second kappa shape index (κ2) is 5.67. The lowest BCUT2D eigenvalue weighted by atomic mass is 9.77. The van der Waals surface area contributed by atoms with Crippen LogP contribution in [0, 0.1) is 0 Å². The molecule has 1 fully saturated rings. The average molecular weight is 302 g/mol. The molecule has 0 aromatic carbocycles. The predicted octanol–water partition coefficient (Wildman–Crippen LogP) is 2.98. The lowest BCUT2D eigenvalue weighted by Gasteiger charge is -2.43. The van der Waals surface area contributed by atoms with E-state index >= 15 is 0 Å². The molecule has 0 aliphatic heterocycles. The van der Waals surface area contributed by atoms with E-state index in [0.717, 1.165) is 0 Å². The van der Waals surface area contributed by atoms with E-state index in [1.54, 1.807) is 0 Å². The summed E-state index contributed by atoms with van der Waals surface area (Å²) < 4.78 is 69.9. The number of carbonyl (C=O) groups is 1. The number of carbonyl (C=O) groups excluding carboxylic acids is 1. The van der Waals surface area contributed by atoms with Crippen molar-refractivity contribution in [3.8, 4) is 0 Å². The van der Waals surface area contributed by atoms with Crippen LogP contribution in [0.15, 0.2) is 12.7 Å². The van der Waals surface area contributed by atoms with Gasteiger partial charge in [-0.2, -0.15) is 22.0 Å². The zero-order chi connectivity index (χ0) is 15.6. The summed E-state index contributed by atoms with van der Waals surface area (Å²) in [4.78, 5) is 11.2. The van der Waals surface area contributed by atoms with Crippen LogP contribution in [0.3, 0.4) is 0 Å². The van der Waals surface area contributed by atoms with Crippen LogP contribution >= 0.6 is 0 Å². The summed E-state index contributed by atoms with van der Waals surface area (Å²) >= 11 is 0. The molecule has 1 atom stereocenters. The average Bonchev–Trinajstić information content (AvgIpc) is 2.37. The topological polar surface area (TPSA) is 46.5 Å². The largest absolute Gasteiger partial charge is 0.449 e. The van der Waals surface area contributed by atoms with Gasteiger partial charge in [-0.3, -0.25) is 0 Å². The minimum Gasteiger partial charge on any atom is -0.449 e. The maximum absolute atomic E-state index is 14.1. The predicted molar refractivity (Wildman–Crippen MR) is 59.1 cm³/mol. The quantitative estimate of drug-likeness (QED) is 0.493. The Balaban J connectivity index is 3.14. The Morgan fingerprint density at radius 2 is 1.70 bits per heavy atom. The monoisotopic (exact) mass is 302 g/mol. The molecule has 0 amide bonds. The third-order valence-electron chi connectivity index (χ3n) is 3.38. The molecule has 1 N–H and O–H groups in total. The fourth-order valence-electron chi connectivity index (χ4n) is 2.32. The van der Waals surface area contributed by atoms with Crippen LogP contribution in [-0.4, -0.2) is 34.9 Å². The first-order chi connectivity index (χ1) is 9.07. The van der Waals surface area contributed by atoms with E-state index in [4.69, 9.17) is 5.11 Å². The van der Waals surface area contributed by atoms with E-state index in [2.05, 4.69) is 11.3 Å². The second-order valence-electron chi connectivity index (χ2n) is 4.75. The van der Waals surface area contributed by atoms with Crippen molar-refractivity contribution in [1.82, 2.24) is 0 Å². The van der Waals surface area contributed by atoms with Crippen molar-refractivity contribution in [2.45, 2.75) is 55.9 Å². The number of halogens is 5. The first kappa shape index (κ1) is 16.9. The fourth-order valence-corrected chi connectivity index (χ4v) is 2.32. The molecule has 0 aromatic rings. The normalized spacial score (nSPS) is 21.1. The number of hydrogen-bond acceptors (Lipinski definition) is 3. The van der Waals surface area contributed by atoms with E-state index in [1.807, 2.05) is 0 Å². The van der Waals surface area contributed by atoms with Crippen molar-refractivity contribution >= 4 is 5.97 Å². The highest BCUT2D eigenvalue weighted by atomic mass is 19.4. The first-order valence-electron chi connectivity index (χ1n) is 6.05. The van der Waals surface area contributed by atoms with Gasteiger partial charge in [-0.05, 0) is 25.7 Å². The van der Waals surface area contributed by atoms with Gasteiger partial charge in [-0.1, -0.05) is 13.0 Å². The molecular weight excluding hydrogens is 287 g/mol. The second-order valence-corrected chi connectivity index (χ2v) is 4.75. The third kappa shape index (κ3) is 3.11. The highest BCUT2D eigenvalue weighted by Gasteiger charge is 2.67. The number of aliphatic hydroxyl groups is 1. The van der Waals surface area contributed by atoms with Gasteiger partial charge in [0.2, 0.25) is 6.10 Å². The fraction of sp³-hybridized carbons (Fsp3) is 0.750. The molecule has 1 rings (SSSR count). The molecule has 0 heterocycles. The first-order valence-corrected chi connectivity index (χ1v) is 6.05. The van der Waals surface area contributed by atoms with Gasteiger partial charge in [-0.15, -0.1) is 0 Å². The van der Waals surface area contributed by atoms with Gasteiger partial charge in [0.1, 0.15) is 0 Å². The van der Waals surface area contributed by atoms with Gasteiger partial charge in [-0.25, -0.2) is 4.79 Å². The summed E-state index contributed by atoms with van der Waals surface area (Å²) in [6.45, 7) is 3.03. The van der Waals surface area contributed by atoms with Crippen LogP contribution in [0.2, 0.25) is 0 Å². The number of esters is 1. The summed E-state index contributed by atoms with van der Waals surface area (Å²) in [5, 5.41) is 8.92. The molecule has 1 saturated carbocycles.